The van der Waals surface area contributed by atoms with Crippen molar-refractivity contribution in [3.63, 3.8) is 0 Å². The molecular formula is C17H34ClNO3. The van der Waals surface area contributed by atoms with Gasteiger partial charge in [0.15, 0.2) is 0 Å². The second-order valence-electron chi connectivity index (χ2n) is 5.31. The van der Waals surface area contributed by atoms with E-state index in [0.29, 0.717) is 6.61 Å². The van der Waals surface area contributed by atoms with E-state index in [9.17, 15) is 4.79 Å². The van der Waals surface area contributed by atoms with Crippen molar-refractivity contribution in [2.75, 3.05) is 19.8 Å². The minimum absolute atomic E-state index is 0. The fourth-order valence-electron chi connectivity index (χ4n) is 2.05. The van der Waals surface area contributed by atoms with Crippen LogP contribution in [0.4, 0.5) is 0 Å². The van der Waals surface area contributed by atoms with Gasteiger partial charge < -0.3 is 9.47 Å². The van der Waals surface area contributed by atoms with E-state index < -0.39 is 5.97 Å². The highest BCUT2D eigenvalue weighted by Gasteiger charge is 2.01. The van der Waals surface area contributed by atoms with Gasteiger partial charge in [0, 0.05) is 6.08 Å². The smallest absolute Gasteiger partial charge is 0.330 e. The number of rotatable bonds is 15. The summed E-state index contributed by atoms with van der Waals surface area (Å²) in [6.07, 6.45) is 11.8. The zero-order chi connectivity index (χ0) is 15.8. The molecule has 22 heavy (non-hydrogen) atoms. The molecule has 0 aromatic heterocycles. The molecule has 0 aliphatic rings. The molecule has 132 valence electrons. The van der Waals surface area contributed by atoms with Crippen molar-refractivity contribution in [3.8, 4) is 0 Å². The standard InChI is InChI=1S/C17H33NO3.ClH/c1-4-6-7-8-9-10-11-12-13-18-16(3)20-14-15-21-17(19)5-2;/h5,16,18H,2,4,6-15H2,1,3H3;1H. The second kappa shape index (κ2) is 18.5. The van der Waals surface area contributed by atoms with Crippen molar-refractivity contribution in [1.82, 2.24) is 5.32 Å². The van der Waals surface area contributed by atoms with Crippen molar-refractivity contribution in [1.29, 1.82) is 0 Å². The quantitative estimate of drug-likeness (QED) is 0.210. The predicted molar refractivity (Wildman–Crippen MR) is 94.4 cm³/mol. The Morgan fingerprint density at radius 2 is 1.68 bits per heavy atom. The van der Waals surface area contributed by atoms with Gasteiger partial charge in [0.2, 0.25) is 0 Å². The van der Waals surface area contributed by atoms with Crippen LogP contribution in [0.5, 0.6) is 0 Å². The van der Waals surface area contributed by atoms with Gasteiger partial charge >= 0.3 is 5.97 Å². The first kappa shape index (κ1) is 23.7. The lowest BCUT2D eigenvalue weighted by molar-refractivity contribution is -0.140. The Morgan fingerprint density at radius 1 is 1.09 bits per heavy atom. The third-order valence-corrected chi connectivity index (χ3v) is 3.32. The number of unbranched alkanes of at least 4 members (excludes halogenated alkanes) is 7. The van der Waals surface area contributed by atoms with Crippen molar-refractivity contribution < 1.29 is 14.3 Å². The van der Waals surface area contributed by atoms with E-state index in [1.54, 1.807) is 0 Å². The highest BCUT2D eigenvalue weighted by Crippen LogP contribution is 2.07. The largest absolute Gasteiger partial charge is 0.460 e. The lowest BCUT2D eigenvalue weighted by Gasteiger charge is -2.14. The lowest BCUT2D eigenvalue weighted by atomic mass is 10.1. The van der Waals surface area contributed by atoms with E-state index in [4.69, 9.17) is 9.47 Å². The maximum absolute atomic E-state index is 10.8. The van der Waals surface area contributed by atoms with E-state index in [1.807, 2.05) is 6.92 Å². The molecular weight excluding hydrogens is 302 g/mol. The minimum Gasteiger partial charge on any atom is -0.460 e. The number of hydrogen-bond donors (Lipinski definition) is 1. The Kier molecular flexibility index (Phi) is 19.9. The molecule has 5 heteroatoms. The van der Waals surface area contributed by atoms with Gasteiger partial charge in [0.25, 0.3) is 0 Å². The number of carbonyl (C=O) groups excluding carboxylic acids is 1. The third kappa shape index (κ3) is 17.5. The second-order valence-corrected chi connectivity index (χ2v) is 5.31. The Balaban J connectivity index is 0. The Hall–Kier alpha value is -0.580. The van der Waals surface area contributed by atoms with Crippen LogP contribution >= 0.6 is 12.4 Å². The molecule has 0 rings (SSSR count). The van der Waals surface area contributed by atoms with E-state index >= 15 is 0 Å². The summed E-state index contributed by atoms with van der Waals surface area (Å²) in [4.78, 5) is 10.8. The summed E-state index contributed by atoms with van der Waals surface area (Å²) in [6.45, 7) is 9.21. The molecule has 0 saturated carbocycles. The average Bonchev–Trinajstić information content (AvgIpc) is 2.49. The molecule has 0 aromatic carbocycles. The number of halogens is 1. The first-order valence-corrected chi connectivity index (χ1v) is 8.34. The van der Waals surface area contributed by atoms with Gasteiger partial charge in [0.05, 0.1) is 6.61 Å². The molecule has 1 atom stereocenters. The van der Waals surface area contributed by atoms with Gasteiger partial charge in [0.1, 0.15) is 12.8 Å². The summed E-state index contributed by atoms with van der Waals surface area (Å²) in [5.41, 5.74) is 0. The molecule has 0 radical (unpaired) electrons. The van der Waals surface area contributed by atoms with Crippen molar-refractivity contribution in [2.45, 2.75) is 71.4 Å². The average molecular weight is 336 g/mol. The third-order valence-electron chi connectivity index (χ3n) is 3.32. The van der Waals surface area contributed by atoms with Crippen molar-refractivity contribution >= 4 is 18.4 Å². The van der Waals surface area contributed by atoms with Gasteiger partial charge in [-0.2, -0.15) is 0 Å². The maximum Gasteiger partial charge on any atom is 0.330 e. The van der Waals surface area contributed by atoms with Crippen LogP contribution in [0.1, 0.15) is 65.2 Å². The summed E-state index contributed by atoms with van der Waals surface area (Å²) in [5.74, 6) is -0.404. The van der Waals surface area contributed by atoms with Crippen LogP contribution in [0.25, 0.3) is 0 Å². The summed E-state index contributed by atoms with van der Waals surface area (Å²) in [5, 5.41) is 3.31. The van der Waals surface area contributed by atoms with Gasteiger partial charge in [-0.15, -0.1) is 12.4 Å². The van der Waals surface area contributed by atoms with Crippen LogP contribution in [0.15, 0.2) is 12.7 Å². The summed E-state index contributed by atoms with van der Waals surface area (Å²) in [6, 6.07) is 0. The first-order chi connectivity index (χ1) is 10.2. The number of hydrogen-bond acceptors (Lipinski definition) is 4. The summed E-state index contributed by atoms with van der Waals surface area (Å²) in [7, 11) is 0. The Bertz CT molecular complexity index is 262. The molecule has 0 aliphatic heterocycles. The SMILES string of the molecule is C=CC(=O)OCCOC(C)NCCCCCCCCCC.Cl. The fraction of sp³-hybridized carbons (Fsp3) is 0.824. The molecule has 0 aromatic rings. The van der Waals surface area contributed by atoms with E-state index in [2.05, 4.69) is 18.8 Å². The molecule has 0 spiro atoms. The van der Waals surface area contributed by atoms with Gasteiger partial charge in [-0.3, -0.25) is 5.32 Å². The summed E-state index contributed by atoms with van der Waals surface area (Å²) >= 11 is 0. The molecule has 0 aliphatic carbocycles. The van der Waals surface area contributed by atoms with E-state index in [1.165, 1.54) is 51.4 Å². The Morgan fingerprint density at radius 3 is 2.27 bits per heavy atom. The lowest BCUT2D eigenvalue weighted by Crippen LogP contribution is -2.30. The zero-order valence-electron chi connectivity index (χ0n) is 14.3. The molecule has 0 fully saturated rings. The monoisotopic (exact) mass is 335 g/mol. The van der Waals surface area contributed by atoms with E-state index in [0.717, 1.165) is 12.6 Å². The molecule has 0 saturated heterocycles. The van der Waals surface area contributed by atoms with Crippen LogP contribution in [0.2, 0.25) is 0 Å². The zero-order valence-corrected chi connectivity index (χ0v) is 15.1. The maximum atomic E-state index is 10.8. The first-order valence-electron chi connectivity index (χ1n) is 8.34. The predicted octanol–water partition coefficient (Wildman–Crippen LogP) is 4.23. The molecule has 0 amide bonds. The molecule has 0 bridgehead atoms. The normalized spacial score (nSPS) is 11.5. The molecule has 4 nitrogen and oxygen atoms in total. The highest BCUT2D eigenvalue weighted by atomic mass is 35.5. The minimum atomic E-state index is -0.404. The summed E-state index contributed by atoms with van der Waals surface area (Å²) < 4.78 is 10.3. The molecule has 0 heterocycles. The van der Waals surface area contributed by atoms with Gasteiger partial charge in [-0.1, -0.05) is 58.4 Å². The number of ether oxygens (including phenoxy) is 2. The van der Waals surface area contributed by atoms with Crippen LogP contribution < -0.4 is 5.32 Å². The van der Waals surface area contributed by atoms with Crippen molar-refractivity contribution in [2.24, 2.45) is 0 Å². The van der Waals surface area contributed by atoms with E-state index in [-0.39, 0.29) is 25.2 Å². The van der Waals surface area contributed by atoms with Crippen LogP contribution in [0.3, 0.4) is 0 Å². The molecule has 1 unspecified atom stereocenters. The van der Waals surface area contributed by atoms with Crippen molar-refractivity contribution in [3.05, 3.63) is 12.7 Å². The topological polar surface area (TPSA) is 47.6 Å². The number of carbonyl (C=O) groups is 1. The van der Waals surface area contributed by atoms with Gasteiger partial charge in [-0.25, -0.2) is 4.79 Å². The van der Waals surface area contributed by atoms with Crippen LogP contribution in [-0.4, -0.2) is 32.0 Å². The number of nitrogens with one attached hydrogen (secondary N) is 1. The van der Waals surface area contributed by atoms with Crippen LogP contribution in [-0.2, 0) is 14.3 Å². The molecule has 1 N–H and O–H groups in total. The Labute approximate surface area is 142 Å². The fourth-order valence-corrected chi connectivity index (χ4v) is 2.05. The number of esters is 1. The van der Waals surface area contributed by atoms with Crippen LogP contribution in [0, 0.1) is 0 Å². The van der Waals surface area contributed by atoms with Gasteiger partial charge in [-0.05, 0) is 19.9 Å². The highest BCUT2D eigenvalue weighted by molar-refractivity contribution is 5.85.